The predicted octanol–water partition coefficient (Wildman–Crippen LogP) is 18.5. The van der Waals surface area contributed by atoms with Gasteiger partial charge in [-0.15, -0.1) is 0 Å². The third kappa shape index (κ3) is 5.66. The van der Waals surface area contributed by atoms with Crippen LogP contribution >= 0.6 is 0 Å². The molecule has 0 fully saturated rings. The molecule has 16 rings (SSSR count). The van der Waals surface area contributed by atoms with Crippen LogP contribution in [0, 0.1) is 0 Å². The quantitative estimate of drug-likeness (QED) is 0.162. The molecule has 14 aromatic rings. The molecule has 0 atom stereocenters. The molecule has 0 aliphatic heterocycles. The van der Waals surface area contributed by atoms with E-state index in [1.165, 1.54) is 98.9 Å². The number of fused-ring (bicyclic) bond motifs is 17. The number of aromatic nitrogens is 2. The normalized spacial score (nSPS) is 13.0. The standard InChI is InChI=1S/C71H45N3/c1-2-21-49(22-3-1)74-69-36-17-11-28-61(69)62-30-18-29-54(70(62)74)48-42-52(44-53(43-48)73-67-34-15-9-26-59(67)60-27-10-16-35-68(60)73)72(50-38-37-46-19-4-5-20-47(46)41-50)51-39-40-58-57-25-8-14-33-65(57)71(66(58)45-51)63-31-12-6-23-55(63)56-24-7-13-32-64(56)71/h1-45H. The Balaban J connectivity index is 1.02. The van der Waals surface area contributed by atoms with E-state index >= 15 is 0 Å². The summed E-state index contributed by atoms with van der Waals surface area (Å²) in [6.07, 6.45) is 0. The van der Waals surface area contributed by atoms with Crippen LogP contribution in [0.5, 0.6) is 0 Å². The molecule has 2 aliphatic rings. The van der Waals surface area contributed by atoms with Crippen molar-refractivity contribution >= 4 is 71.4 Å². The molecular weight excluding hydrogens is 895 g/mol. The summed E-state index contributed by atoms with van der Waals surface area (Å²) in [7, 11) is 0. The first kappa shape index (κ1) is 41.0. The lowest BCUT2D eigenvalue weighted by Crippen LogP contribution is -2.26. The highest BCUT2D eigenvalue weighted by Crippen LogP contribution is 2.63. The molecule has 0 saturated heterocycles. The maximum absolute atomic E-state index is 2.52. The number of anilines is 3. The first-order valence-corrected chi connectivity index (χ1v) is 25.7. The lowest BCUT2D eigenvalue weighted by atomic mass is 9.70. The van der Waals surface area contributed by atoms with Crippen LogP contribution in [0.25, 0.3) is 99.1 Å². The van der Waals surface area contributed by atoms with Gasteiger partial charge in [-0.1, -0.05) is 200 Å². The monoisotopic (exact) mass is 939 g/mol. The molecule has 2 aromatic heterocycles. The van der Waals surface area contributed by atoms with Gasteiger partial charge in [-0.05, 0) is 134 Å². The molecular formula is C71H45N3. The average molecular weight is 940 g/mol. The Morgan fingerprint density at radius 3 is 1.42 bits per heavy atom. The minimum atomic E-state index is -0.499. The summed E-state index contributed by atoms with van der Waals surface area (Å²) < 4.78 is 4.94. The van der Waals surface area contributed by atoms with E-state index in [-0.39, 0.29) is 0 Å². The maximum atomic E-state index is 2.52. The fourth-order valence-corrected chi connectivity index (χ4v) is 13.3. The van der Waals surface area contributed by atoms with Gasteiger partial charge in [0.05, 0.1) is 27.5 Å². The Kier molecular flexibility index (Phi) is 8.66. The Morgan fingerprint density at radius 1 is 0.270 bits per heavy atom. The number of nitrogens with zero attached hydrogens (tertiary/aromatic N) is 3. The molecule has 0 unspecified atom stereocenters. The summed E-state index contributed by atoms with van der Waals surface area (Å²) in [5, 5.41) is 7.31. The highest BCUT2D eigenvalue weighted by Gasteiger charge is 2.51. The fourth-order valence-electron chi connectivity index (χ4n) is 13.3. The number of hydrogen-bond donors (Lipinski definition) is 0. The van der Waals surface area contributed by atoms with Crippen molar-refractivity contribution in [2.24, 2.45) is 0 Å². The minimum Gasteiger partial charge on any atom is -0.310 e. The van der Waals surface area contributed by atoms with E-state index in [4.69, 9.17) is 0 Å². The molecule has 12 aromatic carbocycles. The van der Waals surface area contributed by atoms with E-state index in [0.29, 0.717) is 0 Å². The number of benzene rings is 12. The third-order valence-electron chi connectivity index (χ3n) is 16.2. The van der Waals surface area contributed by atoms with Crippen LogP contribution in [-0.2, 0) is 5.41 Å². The third-order valence-corrected chi connectivity index (χ3v) is 16.2. The average Bonchev–Trinajstić information content (AvgIpc) is 4.18. The number of hydrogen-bond acceptors (Lipinski definition) is 1. The van der Waals surface area contributed by atoms with Gasteiger partial charge in [0.2, 0.25) is 0 Å². The molecule has 0 saturated carbocycles. The summed E-state index contributed by atoms with van der Waals surface area (Å²) in [6.45, 7) is 0. The SMILES string of the molecule is c1ccc(-n2c3ccccc3c3cccc(-c4cc(N(c5ccc6c(c5)C5(c7ccccc7-c7ccccc75)c5ccccc5-6)c5ccc6ccccc6c5)cc(-n5c6ccccc6c6ccccc65)c4)c32)cc1. The van der Waals surface area contributed by atoms with Gasteiger partial charge in [-0.3, -0.25) is 0 Å². The lowest BCUT2D eigenvalue weighted by Gasteiger charge is -2.32. The summed E-state index contributed by atoms with van der Waals surface area (Å²) >= 11 is 0. The van der Waals surface area contributed by atoms with Gasteiger partial charge in [0.15, 0.2) is 0 Å². The largest absolute Gasteiger partial charge is 0.310 e. The van der Waals surface area contributed by atoms with Crippen LogP contribution < -0.4 is 4.90 Å². The van der Waals surface area contributed by atoms with Crippen molar-refractivity contribution in [1.29, 1.82) is 0 Å². The van der Waals surface area contributed by atoms with Gasteiger partial charge in [-0.25, -0.2) is 0 Å². The number of rotatable bonds is 6. The second-order valence-electron chi connectivity index (χ2n) is 20.0. The van der Waals surface area contributed by atoms with E-state index in [1.54, 1.807) is 0 Å². The van der Waals surface area contributed by atoms with Crippen LogP contribution in [0.2, 0.25) is 0 Å². The lowest BCUT2D eigenvalue weighted by molar-refractivity contribution is 0.793. The fraction of sp³-hybridized carbons (Fsp3) is 0.0141. The zero-order chi connectivity index (χ0) is 48.5. The summed E-state index contributed by atoms with van der Waals surface area (Å²) in [4.78, 5) is 2.52. The van der Waals surface area contributed by atoms with Crippen LogP contribution in [0.4, 0.5) is 17.1 Å². The zero-order valence-corrected chi connectivity index (χ0v) is 40.3. The van der Waals surface area contributed by atoms with E-state index in [2.05, 4.69) is 287 Å². The van der Waals surface area contributed by atoms with Crippen molar-refractivity contribution in [2.45, 2.75) is 5.41 Å². The second-order valence-corrected chi connectivity index (χ2v) is 20.0. The van der Waals surface area contributed by atoms with Crippen LogP contribution in [0.3, 0.4) is 0 Å². The van der Waals surface area contributed by atoms with E-state index in [9.17, 15) is 0 Å². The molecule has 2 heterocycles. The molecule has 0 bridgehead atoms. The van der Waals surface area contributed by atoms with Crippen LogP contribution in [-0.4, -0.2) is 9.13 Å². The van der Waals surface area contributed by atoms with Gasteiger partial charge in [0, 0.05) is 55.5 Å². The van der Waals surface area contributed by atoms with Crippen molar-refractivity contribution in [3.05, 3.63) is 295 Å². The molecule has 0 radical (unpaired) electrons. The summed E-state index contributed by atoms with van der Waals surface area (Å²) in [5.41, 5.74) is 22.4. The van der Waals surface area contributed by atoms with Gasteiger partial charge < -0.3 is 14.0 Å². The predicted molar refractivity (Wildman–Crippen MR) is 309 cm³/mol. The molecule has 74 heavy (non-hydrogen) atoms. The molecule has 1 spiro atoms. The van der Waals surface area contributed by atoms with E-state index in [0.717, 1.165) is 39.6 Å². The summed E-state index contributed by atoms with van der Waals surface area (Å²) in [6, 6.07) is 102. The molecule has 3 heteroatoms. The smallest absolute Gasteiger partial charge is 0.0726 e. The van der Waals surface area contributed by atoms with Gasteiger partial charge in [0.1, 0.15) is 0 Å². The zero-order valence-electron chi connectivity index (χ0n) is 40.3. The molecule has 0 N–H and O–H groups in total. The minimum absolute atomic E-state index is 0.499. The molecule has 3 nitrogen and oxygen atoms in total. The van der Waals surface area contributed by atoms with Crippen molar-refractivity contribution in [2.75, 3.05) is 4.90 Å². The topological polar surface area (TPSA) is 13.1 Å². The van der Waals surface area contributed by atoms with Crippen molar-refractivity contribution in [3.63, 3.8) is 0 Å². The molecule has 0 amide bonds. The molecule has 344 valence electrons. The van der Waals surface area contributed by atoms with Crippen molar-refractivity contribution in [1.82, 2.24) is 9.13 Å². The van der Waals surface area contributed by atoms with Crippen molar-refractivity contribution in [3.8, 4) is 44.8 Å². The van der Waals surface area contributed by atoms with E-state index in [1.807, 2.05) is 0 Å². The highest BCUT2D eigenvalue weighted by atomic mass is 15.1. The van der Waals surface area contributed by atoms with Gasteiger partial charge in [0.25, 0.3) is 0 Å². The Bertz CT molecular complexity index is 4510. The maximum Gasteiger partial charge on any atom is 0.0726 e. The molecule has 2 aliphatic carbocycles. The highest BCUT2D eigenvalue weighted by molar-refractivity contribution is 6.14. The Hall–Kier alpha value is -9.70. The van der Waals surface area contributed by atoms with E-state index < -0.39 is 5.41 Å². The first-order chi connectivity index (χ1) is 36.7. The van der Waals surface area contributed by atoms with Gasteiger partial charge >= 0.3 is 0 Å². The van der Waals surface area contributed by atoms with Gasteiger partial charge in [-0.2, -0.15) is 0 Å². The Morgan fingerprint density at radius 2 is 0.757 bits per heavy atom. The van der Waals surface area contributed by atoms with Crippen molar-refractivity contribution < 1.29 is 0 Å². The van der Waals surface area contributed by atoms with Crippen LogP contribution in [0.15, 0.2) is 273 Å². The first-order valence-electron chi connectivity index (χ1n) is 25.7. The van der Waals surface area contributed by atoms with Crippen LogP contribution in [0.1, 0.15) is 22.3 Å². The summed E-state index contributed by atoms with van der Waals surface area (Å²) in [5.74, 6) is 0. The second kappa shape index (κ2) is 15.6. The number of para-hydroxylation sites is 5. The Labute approximate surface area is 428 Å².